The molecule has 1 aliphatic heterocycles. The molecule has 3 rings (SSSR count). The van der Waals surface area contributed by atoms with Gasteiger partial charge in [0.15, 0.2) is 5.78 Å². The molecule has 1 saturated heterocycles. The lowest BCUT2D eigenvalue weighted by Gasteiger charge is -2.25. The van der Waals surface area contributed by atoms with Crippen molar-refractivity contribution >= 4 is 34.8 Å². The quantitative estimate of drug-likeness (QED) is 0.341. The van der Waals surface area contributed by atoms with Gasteiger partial charge in [0, 0.05) is 19.0 Å². The number of Topliss-reactive ketones (excluding diaryl/α,β-unsaturated/α-hetero) is 1. The predicted octanol–water partition coefficient (Wildman–Crippen LogP) is 6.38. The average Bonchev–Trinajstić information content (AvgIpc) is 3.16. The maximum absolute atomic E-state index is 13.0. The van der Waals surface area contributed by atoms with Crippen molar-refractivity contribution in [1.82, 2.24) is 9.97 Å². The number of rotatable bonds is 6. The summed E-state index contributed by atoms with van der Waals surface area (Å²) in [7, 11) is 0. The van der Waals surface area contributed by atoms with Crippen molar-refractivity contribution in [3.8, 4) is 0 Å². The molecule has 0 amide bonds. The number of hydrogen-bond donors (Lipinski definition) is 0. The van der Waals surface area contributed by atoms with Gasteiger partial charge in [-0.05, 0) is 43.4 Å². The van der Waals surface area contributed by atoms with Gasteiger partial charge in [-0.3, -0.25) is 4.79 Å². The fourth-order valence-corrected chi connectivity index (χ4v) is 4.12. The van der Waals surface area contributed by atoms with Gasteiger partial charge < -0.3 is 4.90 Å². The van der Waals surface area contributed by atoms with Gasteiger partial charge in [-0.25, -0.2) is 9.97 Å². The van der Waals surface area contributed by atoms with Crippen molar-refractivity contribution in [3.63, 3.8) is 0 Å². The molecule has 2 heterocycles. The average molecular weight is 500 g/mol. The number of hydrogen-bond acceptors (Lipinski definition) is 4. The third-order valence-electron chi connectivity index (χ3n) is 5.08. The van der Waals surface area contributed by atoms with Gasteiger partial charge in [0.2, 0.25) is 5.82 Å². The smallest absolute Gasteiger partial charge is 0.346 e. The Balaban J connectivity index is 1.64. The molecular weight excluding hydrogens is 483 g/mol. The van der Waals surface area contributed by atoms with Crippen LogP contribution >= 0.6 is 23.2 Å². The molecule has 32 heavy (non-hydrogen) atoms. The number of nitrogens with zero attached hydrogens (tertiary/aromatic N) is 3. The van der Waals surface area contributed by atoms with Crippen LogP contribution < -0.4 is 4.90 Å². The van der Waals surface area contributed by atoms with E-state index in [2.05, 4.69) is 9.97 Å². The first-order chi connectivity index (χ1) is 14.9. The minimum Gasteiger partial charge on any atom is -0.346 e. The molecule has 1 atom stereocenters. The Morgan fingerprint density at radius 2 is 1.78 bits per heavy atom. The first-order valence-corrected chi connectivity index (χ1v) is 10.4. The van der Waals surface area contributed by atoms with E-state index in [-0.39, 0.29) is 23.2 Å². The number of ketones is 1. The van der Waals surface area contributed by atoms with Gasteiger partial charge in [-0.2, -0.15) is 26.3 Å². The van der Waals surface area contributed by atoms with Crippen molar-refractivity contribution in [2.45, 2.75) is 50.5 Å². The van der Waals surface area contributed by atoms with Gasteiger partial charge in [-0.1, -0.05) is 29.3 Å². The van der Waals surface area contributed by atoms with E-state index in [1.807, 2.05) is 0 Å². The number of carbonyl (C=O) groups excluding carboxylic acids is 1. The molecule has 0 aliphatic carbocycles. The number of aryl methyl sites for hydroxylation is 1. The Morgan fingerprint density at radius 3 is 2.41 bits per heavy atom. The molecule has 0 bridgehead atoms. The molecule has 4 nitrogen and oxygen atoms in total. The number of alkyl halides is 6. The van der Waals surface area contributed by atoms with E-state index in [9.17, 15) is 31.1 Å². The summed E-state index contributed by atoms with van der Waals surface area (Å²) in [6.45, 7) is 0.343. The fourth-order valence-electron chi connectivity index (χ4n) is 3.63. The standard InChI is InChI=1S/C20H17Cl2F6N3O/c21-13-9-11(6-7-12(13)19(23,24)25)3-1-5-15(32)14-4-2-8-31(14)17-10-16(22)29-18(30-17)20(26,27)28/h6-7,9-10,14H,1-5,8H2/t14-/m0/s1. The highest BCUT2D eigenvalue weighted by molar-refractivity contribution is 6.31. The van der Waals surface area contributed by atoms with Gasteiger partial charge >= 0.3 is 12.4 Å². The molecule has 1 aromatic heterocycles. The van der Waals surface area contributed by atoms with Gasteiger partial charge in [0.25, 0.3) is 0 Å². The lowest BCUT2D eigenvalue weighted by molar-refractivity contribution is -0.145. The van der Waals surface area contributed by atoms with E-state index < -0.39 is 34.8 Å². The van der Waals surface area contributed by atoms with Crippen molar-refractivity contribution < 1.29 is 31.1 Å². The molecular formula is C20H17Cl2F6N3O. The molecule has 2 aromatic rings. The van der Waals surface area contributed by atoms with Crippen molar-refractivity contribution in [1.29, 1.82) is 0 Å². The lowest BCUT2D eigenvalue weighted by Crippen LogP contribution is -2.37. The number of aromatic nitrogens is 2. The molecule has 0 unspecified atom stereocenters. The zero-order chi connectivity index (χ0) is 23.7. The Bertz CT molecular complexity index is 996. The maximum Gasteiger partial charge on any atom is 0.451 e. The summed E-state index contributed by atoms with van der Waals surface area (Å²) in [5, 5.41) is -0.788. The first kappa shape index (κ1) is 24.6. The number of benzene rings is 1. The summed E-state index contributed by atoms with van der Waals surface area (Å²) in [5.41, 5.74) is -0.376. The molecule has 1 aliphatic rings. The molecule has 0 spiro atoms. The fraction of sp³-hybridized carbons (Fsp3) is 0.450. The summed E-state index contributed by atoms with van der Waals surface area (Å²) in [6.07, 6.45) is -7.50. The van der Waals surface area contributed by atoms with Crippen LogP contribution in [0, 0.1) is 0 Å². The van der Waals surface area contributed by atoms with Crippen LogP contribution in [0.15, 0.2) is 24.3 Å². The van der Waals surface area contributed by atoms with Gasteiger partial charge in [-0.15, -0.1) is 0 Å². The normalized spacial score (nSPS) is 17.1. The van der Waals surface area contributed by atoms with Crippen LogP contribution in [0.4, 0.5) is 32.2 Å². The maximum atomic E-state index is 13.0. The number of carbonyl (C=O) groups is 1. The molecule has 0 saturated carbocycles. The second kappa shape index (κ2) is 9.43. The van der Waals surface area contributed by atoms with Crippen LogP contribution in [0.2, 0.25) is 10.2 Å². The van der Waals surface area contributed by atoms with Crippen molar-refractivity contribution in [2.75, 3.05) is 11.4 Å². The molecule has 0 N–H and O–H groups in total. The van der Waals surface area contributed by atoms with E-state index in [1.165, 1.54) is 23.1 Å². The Hall–Kier alpha value is -2.07. The lowest BCUT2D eigenvalue weighted by atomic mass is 10.0. The molecule has 174 valence electrons. The highest BCUT2D eigenvalue weighted by atomic mass is 35.5. The zero-order valence-corrected chi connectivity index (χ0v) is 17.9. The Kier molecular flexibility index (Phi) is 7.24. The van der Waals surface area contributed by atoms with Crippen LogP contribution in [0.5, 0.6) is 0 Å². The minimum absolute atomic E-state index is 0.0669. The van der Waals surface area contributed by atoms with E-state index in [4.69, 9.17) is 23.2 Å². The summed E-state index contributed by atoms with van der Waals surface area (Å²) in [5.74, 6) is -1.64. The Labute approximate surface area is 189 Å². The molecule has 0 radical (unpaired) electrons. The second-order valence-corrected chi connectivity index (χ2v) is 8.15. The second-order valence-electron chi connectivity index (χ2n) is 7.35. The highest BCUT2D eigenvalue weighted by Gasteiger charge is 2.38. The summed E-state index contributed by atoms with van der Waals surface area (Å²) >= 11 is 11.4. The van der Waals surface area contributed by atoms with E-state index in [0.717, 1.165) is 6.07 Å². The third kappa shape index (κ3) is 5.83. The zero-order valence-electron chi connectivity index (χ0n) is 16.4. The summed E-state index contributed by atoms with van der Waals surface area (Å²) in [6, 6.07) is 3.96. The Morgan fingerprint density at radius 1 is 1.06 bits per heavy atom. The number of halogens is 8. The summed E-state index contributed by atoms with van der Waals surface area (Å²) < 4.78 is 77.4. The number of anilines is 1. The molecule has 12 heteroatoms. The monoisotopic (exact) mass is 499 g/mol. The van der Waals surface area contributed by atoms with E-state index >= 15 is 0 Å². The van der Waals surface area contributed by atoms with E-state index in [1.54, 1.807) is 0 Å². The SMILES string of the molecule is O=C(CCCc1ccc(C(F)(F)F)c(Cl)c1)[C@@H]1CCCN1c1cc(Cl)nc(C(F)(F)F)n1. The van der Waals surface area contributed by atoms with Gasteiger partial charge in [0.1, 0.15) is 11.0 Å². The first-order valence-electron chi connectivity index (χ1n) is 9.63. The molecule has 1 fully saturated rings. The van der Waals surface area contributed by atoms with E-state index in [0.29, 0.717) is 37.8 Å². The largest absolute Gasteiger partial charge is 0.451 e. The highest BCUT2D eigenvalue weighted by Crippen LogP contribution is 2.35. The van der Waals surface area contributed by atoms with Crippen LogP contribution in [0.25, 0.3) is 0 Å². The summed E-state index contributed by atoms with van der Waals surface area (Å²) in [4.78, 5) is 20.9. The predicted molar refractivity (Wildman–Crippen MR) is 107 cm³/mol. The molecule has 1 aromatic carbocycles. The van der Waals surface area contributed by atoms with Crippen LogP contribution in [-0.4, -0.2) is 28.3 Å². The minimum atomic E-state index is -4.78. The van der Waals surface area contributed by atoms with Crippen molar-refractivity contribution in [3.05, 3.63) is 51.4 Å². The van der Waals surface area contributed by atoms with Crippen LogP contribution in [-0.2, 0) is 23.6 Å². The van der Waals surface area contributed by atoms with Gasteiger partial charge in [0.05, 0.1) is 16.6 Å². The van der Waals surface area contributed by atoms with Crippen LogP contribution in [0.1, 0.15) is 42.6 Å². The van der Waals surface area contributed by atoms with Crippen molar-refractivity contribution in [2.24, 2.45) is 0 Å². The van der Waals surface area contributed by atoms with Crippen LogP contribution in [0.3, 0.4) is 0 Å². The third-order valence-corrected chi connectivity index (χ3v) is 5.59. The topological polar surface area (TPSA) is 46.1 Å².